The number of carboxylic acid groups (broad SMARTS) is 1. The average molecular weight is 693 g/mol. The van der Waals surface area contributed by atoms with Gasteiger partial charge in [0.15, 0.2) is 17.4 Å². The number of ether oxygens (including phenoxy) is 1. The van der Waals surface area contributed by atoms with Gasteiger partial charge in [-0.25, -0.2) is 13.6 Å². The van der Waals surface area contributed by atoms with Crippen LogP contribution in [0.25, 0.3) is 11.3 Å². The number of rotatable bonds is 10. The fraction of sp³-hybridized carbons (Fsp3) is 0.485. The van der Waals surface area contributed by atoms with E-state index in [-0.39, 0.29) is 30.1 Å². The Morgan fingerprint density at radius 2 is 1.91 bits per heavy atom. The number of aromatic nitrogens is 1. The van der Waals surface area contributed by atoms with Crippen LogP contribution in [0.3, 0.4) is 0 Å². The molecule has 3 aromatic rings. The number of benzene rings is 2. The molecule has 3 N–H and O–H groups in total. The maximum Gasteiger partial charge on any atom is 0.407 e. The Balaban J connectivity index is 1.88. The molecule has 2 heterocycles. The van der Waals surface area contributed by atoms with Crippen molar-refractivity contribution in [2.75, 3.05) is 26.8 Å². The number of methoxy groups -OCH3 is 1. The molecule has 12 heteroatoms. The predicted octanol–water partition coefficient (Wildman–Crippen LogP) is 6.41. The van der Waals surface area contributed by atoms with Gasteiger partial charge in [-0.1, -0.05) is 50.2 Å². The number of halogens is 3. The summed E-state index contributed by atoms with van der Waals surface area (Å²) >= 11 is 3.67. The van der Waals surface area contributed by atoms with Gasteiger partial charge in [-0.3, -0.25) is 4.79 Å². The normalized spacial score (nSPS) is 20.3. The number of carbonyl (C=O) groups excluding carboxylic acids is 1. The molecule has 9 nitrogen and oxygen atoms in total. The van der Waals surface area contributed by atoms with Gasteiger partial charge < -0.3 is 29.7 Å². The van der Waals surface area contributed by atoms with E-state index in [2.05, 4.69) is 26.4 Å². The smallest absolute Gasteiger partial charge is 0.407 e. The van der Waals surface area contributed by atoms with Crippen LogP contribution < -0.4 is 5.32 Å². The second-order valence-corrected chi connectivity index (χ2v) is 13.4. The molecule has 244 valence electrons. The van der Waals surface area contributed by atoms with Crippen molar-refractivity contribution in [3.8, 4) is 11.3 Å². The molecule has 1 fully saturated rings. The van der Waals surface area contributed by atoms with Gasteiger partial charge >= 0.3 is 6.09 Å². The molecule has 1 unspecified atom stereocenters. The van der Waals surface area contributed by atoms with E-state index in [1.54, 1.807) is 7.11 Å². The molecule has 4 rings (SSSR count). The number of carbonyl (C=O) groups is 2. The quantitative estimate of drug-likeness (QED) is 0.210. The monoisotopic (exact) mass is 691 g/mol. The van der Waals surface area contributed by atoms with Crippen LogP contribution in [-0.4, -0.2) is 65.1 Å². The first-order valence-electron chi connectivity index (χ1n) is 14.9. The summed E-state index contributed by atoms with van der Waals surface area (Å²) < 4.78 is 40.1. The van der Waals surface area contributed by atoms with Crippen LogP contribution in [0.15, 0.2) is 45.4 Å². The number of aryl methyl sites for hydroxylation is 1. The Morgan fingerprint density at radius 1 is 1.18 bits per heavy atom. The van der Waals surface area contributed by atoms with Crippen molar-refractivity contribution < 1.29 is 37.8 Å². The molecule has 0 bridgehead atoms. The third-order valence-electron chi connectivity index (χ3n) is 8.40. The van der Waals surface area contributed by atoms with E-state index in [4.69, 9.17) is 9.26 Å². The number of nitrogens with one attached hydrogen (secondary N) is 1. The van der Waals surface area contributed by atoms with Crippen molar-refractivity contribution >= 4 is 27.9 Å². The van der Waals surface area contributed by atoms with Gasteiger partial charge in [-0.2, -0.15) is 0 Å². The number of likely N-dealkylation sites (tertiary alicyclic amines) is 1. The molecule has 0 aliphatic carbocycles. The van der Waals surface area contributed by atoms with Crippen LogP contribution in [-0.2, 0) is 28.0 Å². The van der Waals surface area contributed by atoms with Crippen LogP contribution in [0.2, 0.25) is 0 Å². The van der Waals surface area contributed by atoms with Gasteiger partial charge in [0.05, 0.1) is 16.4 Å². The molecular weight excluding hydrogens is 652 g/mol. The van der Waals surface area contributed by atoms with Crippen molar-refractivity contribution in [2.45, 2.75) is 70.9 Å². The van der Waals surface area contributed by atoms with E-state index in [9.17, 15) is 28.6 Å². The van der Waals surface area contributed by atoms with Crippen LogP contribution in [0.1, 0.15) is 68.8 Å². The number of amides is 2. The molecule has 1 aliphatic rings. The summed E-state index contributed by atoms with van der Waals surface area (Å²) in [6.07, 6.45) is 0.849. The summed E-state index contributed by atoms with van der Waals surface area (Å²) in [5.41, 5.74) is 0.487. The minimum Gasteiger partial charge on any atom is -0.465 e. The molecule has 45 heavy (non-hydrogen) atoms. The lowest BCUT2D eigenvalue weighted by molar-refractivity contribution is -0.118. The largest absolute Gasteiger partial charge is 0.465 e. The molecule has 1 saturated heterocycles. The maximum absolute atomic E-state index is 14.5. The van der Waals surface area contributed by atoms with Crippen LogP contribution in [0.4, 0.5) is 13.6 Å². The number of aliphatic hydroxyl groups is 1. The van der Waals surface area contributed by atoms with Crippen LogP contribution in [0, 0.1) is 17.0 Å². The maximum atomic E-state index is 14.5. The molecule has 3 atom stereocenters. The van der Waals surface area contributed by atoms with Crippen LogP contribution >= 0.6 is 15.9 Å². The molecule has 2 amide bonds. The van der Waals surface area contributed by atoms with E-state index >= 15 is 0 Å². The summed E-state index contributed by atoms with van der Waals surface area (Å²) in [6.45, 7) is 7.99. The fourth-order valence-corrected chi connectivity index (χ4v) is 6.96. The van der Waals surface area contributed by atoms with E-state index < -0.39 is 40.7 Å². The Bertz CT molecular complexity index is 1540. The lowest BCUT2D eigenvalue weighted by atomic mass is 9.64. The Morgan fingerprint density at radius 3 is 2.53 bits per heavy atom. The molecule has 0 saturated carbocycles. The van der Waals surface area contributed by atoms with Gasteiger partial charge in [0.25, 0.3) is 0 Å². The first-order chi connectivity index (χ1) is 21.2. The third-order valence-corrected chi connectivity index (χ3v) is 9.17. The van der Waals surface area contributed by atoms with Crippen molar-refractivity contribution in [2.24, 2.45) is 5.41 Å². The van der Waals surface area contributed by atoms with Gasteiger partial charge in [-0.15, -0.1) is 0 Å². The van der Waals surface area contributed by atoms with Crippen LogP contribution in [0.5, 0.6) is 0 Å². The second-order valence-electron chi connectivity index (χ2n) is 12.6. The number of piperidine rings is 1. The molecule has 0 spiro atoms. The minimum absolute atomic E-state index is 0.0383. The van der Waals surface area contributed by atoms with Gasteiger partial charge in [0, 0.05) is 39.3 Å². The second kappa shape index (κ2) is 14.0. The Hall–Kier alpha value is -3.35. The number of hydrogen-bond donors (Lipinski definition) is 3. The Kier molecular flexibility index (Phi) is 10.7. The van der Waals surface area contributed by atoms with E-state index in [0.717, 1.165) is 36.1 Å². The van der Waals surface area contributed by atoms with Crippen molar-refractivity contribution in [1.82, 2.24) is 15.4 Å². The average Bonchev–Trinajstić information content (AvgIpc) is 3.34. The van der Waals surface area contributed by atoms with Gasteiger partial charge in [-0.05, 0) is 75.9 Å². The standard InChI is InChI=1S/C33H40BrF2N3O6/c1-19(40)37-14-12-21-17-20(7-6-16-44-5)8-10-23(21)29-27(34)28(38-45-29)26-30(32(2,3)4)39(31(41)42)15-13-33(26,43)22-9-11-24(35)25(36)18-22/h8-11,17-18,26,30,43H,6-7,12-16H2,1-5H3,(H,37,40)(H,41,42)/t26-,30?,33-/m0/s1. The molecule has 2 aromatic carbocycles. The molecule has 1 aromatic heterocycles. The zero-order valence-corrected chi connectivity index (χ0v) is 27.7. The van der Waals surface area contributed by atoms with Crippen molar-refractivity contribution in [3.05, 3.63) is 74.9 Å². The highest BCUT2D eigenvalue weighted by Crippen LogP contribution is 2.53. The predicted molar refractivity (Wildman–Crippen MR) is 168 cm³/mol. The summed E-state index contributed by atoms with van der Waals surface area (Å²) in [6, 6.07) is 8.32. The highest BCUT2D eigenvalue weighted by atomic mass is 79.9. The SMILES string of the molecule is COCCCc1ccc(-c2onc([C@H]3C(C(C)(C)C)N(C(=O)O)CC[C@]3(O)c3ccc(F)c(F)c3)c2Br)c(CCNC(C)=O)c1. The van der Waals surface area contributed by atoms with E-state index in [1.165, 1.54) is 17.9 Å². The first kappa shape index (κ1) is 34.5. The summed E-state index contributed by atoms with van der Waals surface area (Å²) in [4.78, 5) is 25.4. The highest BCUT2D eigenvalue weighted by Gasteiger charge is 2.56. The van der Waals surface area contributed by atoms with Crippen molar-refractivity contribution in [1.29, 1.82) is 0 Å². The minimum atomic E-state index is -1.82. The Labute approximate surface area is 270 Å². The lowest BCUT2D eigenvalue weighted by Gasteiger charge is -2.53. The third kappa shape index (κ3) is 7.39. The van der Waals surface area contributed by atoms with Gasteiger partial charge in [0.1, 0.15) is 11.3 Å². The summed E-state index contributed by atoms with van der Waals surface area (Å²) in [7, 11) is 1.65. The van der Waals surface area contributed by atoms with Crippen molar-refractivity contribution in [3.63, 3.8) is 0 Å². The summed E-state index contributed by atoms with van der Waals surface area (Å²) in [5, 5.41) is 29.9. The topological polar surface area (TPSA) is 125 Å². The summed E-state index contributed by atoms with van der Waals surface area (Å²) in [5.74, 6) is -3.01. The zero-order valence-electron chi connectivity index (χ0n) is 26.1. The van der Waals surface area contributed by atoms with E-state index in [0.29, 0.717) is 35.4 Å². The fourth-order valence-electron chi connectivity index (χ4n) is 6.35. The molecule has 0 radical (unpaired) electrons. The van der Waals surface area contributed by atoms with E-state index in [1.807, 2.05) is 39.0 Å². The number of nitrogens with zero attached hydrogens (tertiary/aromatic N) is 2. The first-order valence-corrected chi connectivity index (χ1v) is 15.7. The van der Waals surface area contributed by atoms with Gasteiger partial charge in [0.2, 0.25) is 5.91 Å². The molecule has 1 aliphatic heterocycles. The highest BCUT2D eigenvalue weighted by molar-refractivity contribution is 9.10. The zero-order chi connectivity index (χ0) is 33.1. The molecular formula is C33H40BrF2N3O6. The number of hydrogen-bond acceptors (Lipinski definition) is 6. The lowest BCUT2D eigenvalue weighted by Crippen LogP contribution is -2.60.